The Labute approximate surface area is 315 Å². The molecule has 17 heteroatoms. The van der Waals surface area contributed by atoms with Gasteiger partial charge in [-0.1, -0.05) is 25.0 Å². The van der Waals surface area contributed by atoms with Crippen molar-refractivity contribution in [3.05, 3.63) is 35.4 Å². The van der Waals surface area contributed by atoms with Crippen LogP contribution in [-0.2, 0) is 47.0 Å². The highest BCUT2D eigenvalue weighted by molar-refractivity contribution is 7.91. The first-order chi connectivity index (χ1) is 25.6. The number of hydrogen-bond donors (Lipinski definition) is 4. The molecule has 1 aromatic rings. The van der Waals surface area contributed by atoms with Crippen molar-refractivity contribution in [1.82, 2.24) is 25.6 Å². The van der Waals surface area contributed by atoms with Crippen LogP contribution in [0.2, 0.25) is 0 Å². The minimum absolute atomic E-state index is 0.0304. The Hall–Kier alpha value is -4.54. The van der Waals surface area contributed by atoms with Crippen LogP contribution >= 0.6 is 0 Å². The number of ether oxygens (including phenoxy) is 4. The van der Waals surface area contributed by atoms with Crippen LogP contribution in [-0.4, -0.2) is 91.5 Å². The van der Waals surface area contributed by atoms with Crippen molar-refractivity contribution in [3.63, 3.8) is 0 Å². The number of benzene rings is 1. The van der Waals surface area contributed by atoms with Crippen molar-refractivity contribution in [3.8, 4) is 11.5 Å². The van der Waals surface area contributed by atoms with E-state index in [2.05, 4.69) is 20.7 Å². The Bertz CT molecular complexity index is 1740. The first kappa shape index (κ1) is 39.2. The van der Waals surface area contributed by atoms with Gasteiger partial charge >= 0.3 is 12.2 Å². The van der Waals surface area contributed by atoms with Gasteiger partial charge in [0.15, 0.2) is 11.5 Å². The van der Waals surface area contributed by atoms with Crippen molar-refractivity contribution in [1.29, 1.82) is 0 Å². The van der Waals surface area contributed by atoms with E-state index in [1.807, 2.05) is 24.3 Å². The highest BCUT2D eigenvalue weighted by Gasteiger charge is 2.61. The number of allylic oxidation sites excluding steroid dienone is 1. The van der Waals surface area contributed by atoms with E-state index < -0.39 is 74.4 Å². The van der Waals surface area contributed by atoms with E-state index in [0.29, 0.717) is 56.8 Å². The number of amides is 5. The van der Waals surface area contributed by atoms with Crippen LogP contribution in [0.3, 0.4) is 0 Å². The molecule has 16 nitrogen and oxygen atoms in total. The molecule has 0 bridgehead atoms. The third kappa shape index (κ3) is 9.95. The van der Waals surface area contributed by atoms with E-state index in [1.165, 1.54) is 4.90 Å². The fraction of sp³-hybridized carbons (Fsp3) is 0.649. The molecular formula is C37H51N5O11S. The van der Waals surface area contributed by atoms with Crippen molar-refractivity contribution < 1.29 is 51.3 Å². The van der Waals surface area contributed by atoms with Gasteiger partial charge in [-0.05, 0) is 89.0 Å². The fourth-order valence-corrected chi connectivity index (χ4v) is 8.22. The van der Waals surface area contributed by atoms with E-state index in [4.69, 9.17) is 18.9 Å². The minimum Gasteiger partial charge on any atom is -0.486 e. The summed E-state index contributed by atoms with van der Waals surface area (Å²) in [6.45, 7) is 6.36. The molecule has 0 saturated heterocycles. The van der Waals surface area contributed by atoms with Gasteiger partial charge in [-0.3, -0.25) is 24.0 Å². The second-order valence-corrected chi connectivity index (χ2v) is 17.6. The topological polar surface area (TPSA) is 208 Å². The summed E-state index contributed by atoms with van der Waals surface area (Å²) in [4.78, 5) is 68.1. The van der Waals surface area contributed by atoms with Crippen LogP contribution in [0.4, 0.5) is 9.59 Å². The van der Waals surface area contributed by atoms with Crippen molar-refractivity contribution >= 4 is 39.9 Å². The molecule has 0 spiro atoms. The molecule has 1 aromatic carbocycles. The first-order valence-electron chi connectivity index (χ1n) is 18.8. The molecule has 3 heterocycles. The van der Waals surface area contributed by atoms with Crippen LogP contribution in [0.15, 0.2) is 24.3 Å². The molecule has 0 radical (unpaired) electrons. The van der Waals surface area contributed by atoms with Gasteiger partial charge in [0.1, 0.15) is 36.5 Å². The molecule has 4 atom stereocenters. The molecule has 54 heavy (non-hydrogen) atoms. The second kappa shape index (κ2) is 16.1. The molecule has 5 amide bonds. The lowest BCUT2D eigenvalue weighted by atomic mass is 10.1. The SMILES string of the molecule is CC(C)(C)OC(=O)N[C@H]1CCCCC/C=C\[C@@H]2C[C@@]2(C(=O)NS(=O)(=O)C2CC2)NC(=O)CC[C@@H](OC(=O)N2Cc3cc4c(cc3C2)OCCO4)CNC1=O. The van der Waals surface area contributed by atoms with Gasteiger partial charge in [-0.2, -0.15) is 0 Å². The third-order valence-electron chi connectivity index (χ3n) is 10.0. The number of carbonyl (C=O) groups excluding carboxylic acids is 5. The van der Waals surface area contributed by atoms with Gasteiger partial charge in [-0.15, -0.1) is 0 Å². The standard InChI is InChI=1S/C37H51N5O11S/c1-36(2,3)53-34(46)39-28-10-8-6-4-5-7-9-25-19-37(25,33(45)41-54(48,49)27-12-13-27)40-31(43)14-11-26(20-38-32(28)44)52-35(47)42-21-23-17-29-30(18-24(23)22-42)51-16-15-50-29/h7,9,17-18,25-28H,4-6,8,10-16,19-22H2,1-3H3,(H,38,44)(H,39,46)(H,40,43)(H,41,45)/b9-7-/t25-,26-,28+,37-/m1/s1. The van der Waals surface area contributed by atoms with E-state index >= 15 is 0 Å². The Morgan fingerprint density at radius 3 is 2.30 bits per heavy atom. The van der Waals surface area contributed by atoms with Crippen LogP contribution in [0.1, 0.15) is 96.1 Å². The smallest absolute Gasteiger partial charge is 0.410 e. The van der Waals surface area contributed by atoms with Crippen molar-refractivity contribution in [2.75, 3.05) is 19.8 Å². The largest absolute Gasteiger partial charge is 0.486 e. The van der Waals surface area contributed by atoms with E-state index in [-0.39, 0.29) is 38.9 Å². The number of nitrogens with zero attached hydrogens (tertiary/aromatic N) is 1. The number of fused-ring (bicyclic) bond motifs is 3. The quantitative estimate of drug-likeness (QED) is 0.320. The van der Waals surface area contributed by atoms with Gasteiger partial charge in [0.2, 0.25) is 21.8 Å². The molecule has 296 valence electrons. The molecule has 6 rings (SSSR count). The van der Waals surface area contributed by atoms with Gasteiger partial charge < -0.3 is 34.9 Å². The summed E-state index contributed by atoms with van der Waals surface area (Å²) in [5, 5.41) is 7.64. The predicted molar refractivity (Wildman–Crippen MR) is 194 cm³/mol. The molecule has 2 aliphatic carbocycles. The van der Waals surface area contributed by atoms with Gasteiger partial charge in [0.05, 0.1) is 11.8 Å². The zero-order valence-electron chi connectivity index (χ0n) is 31.1. The number of sulfonamides is 1. The summed E-state index contributed by atoms with van der Waals surface area (Å²) in [5.74, 6) is -0.999. The average Bonchev–Trinajstić information content (AvgIpc) is 4.03. The van der Waals surface area contributed by atoms with Gasteiger partial charge in [-0.25, -0.2) is 18.0 Å². The van der Waals surface area contributed by atoms with Crippen molar-refractivity contribution in [2.24, 2.45) is 5.92 Å². The summed E-state index contributed by atoms with van der Waals surface area (Å²) in [5.41, 5.74) is -0.437. The summed E-state index contributed by atoms with van der Waals surface area (Å²) < 4.78 is 50.2. The molecule has 0 aromatic heterocycles. The molecular weight excluding hydrogens is 722 g/mol. The monoisotopic (exact) mass is 773 g/mol. The molecule has 2 saturated carbocycles. The summed E-state index contributed by atoms with van der Waals surface area (Å²) in [6, 6.07) is 2.77. The van der Waals surface area contributed by atoms with E-state index in [1.54, 1.807) is 20.8 Å². The normalized spacial score (nSPS) is 27.0. The lowest BCUT2D eigenvalue weighted by Gasteiger charge is -2.25. The number of nitrogens with one attached hydrogen (secondary N) is 4. The first-order valence-corrected chi connectivity index (χ1v) is 20.3. The van der Waals surface area contributed by atoms with Gasteiger partial charge in [0, 0.05) is 25.4 Å². The third-order valence-corrected chi connectivity index (χ3v) is 11.8. The molecule has 0 unspecified atom stereocenters. The fourth-order valence-electron chi connectivity index (χ4n) is 6.85. The number of alkyl carbamates (subject to hydrolysis) is 1. The second-order valence-electron chi connectivity index (χ2n) is 15.7. The number of hydrogen-bond acceptors (Lipinski definition) is 11. The summed E-state index contributed by atoms with van der Waals surface area (Å²) in [6.07, 6.45) is 5.43. The van der Waals surface area contributed by atoms with Crippen LogP contribution in [0.5, 0.6) is 11.5 Å². The zero-order valence-corrected chi connectivity index (χ0v) is 31.9. The Balaban J connectivity index is 1.17. The van der Waals surface area contributed by atoms with Crippen LogP contribution in [0.25, 0.3) is 0 Å². The van der Waals surface area contributed by atoms with Crippen LogP contribution < -0.4 is 30.1 Å². The summed E-state index contributed by atoms with van der Waals surface area (Å²) >= 11 is 0. The van der Waals surface area contributed by atoms with Gasteiger partial charge in [0.25, 0.3) is 5.91 Å². The highest BCUT2D eigenvalue weighted by atomic mass is 32.2. The van der Waals surface area contributed by atoms with Crippen LogP contribution in [0, 0.1) is 5.92 Å². The number of rotatable bonds is 5. The molecule has 3 aliphatic heterocycles. The molecule has 4 N–H and O–H groups in total. The van der Waals surface area contributed by atoms with E-state index in [0.717, 1.165) is 24.0 Å². The maximum atomic E-state index is 13.6. The molecule has 5 aliphatic rings. The Morgan fingerprint density at radius 1 is 0.963 bits per heavy atom. The Kier molecular flexibility index (Phi) is 11.6. The zero-order chi connectivity index (χ0) is 38.7. The predicted octanol–water partition coefficient (Wildman–Crippen LogP) is 3.07. The highest BCUT2D eigenvalue weighted by Crippen LogP contribution is 2.46. The maximum Gasteiger partial charge on any atom is 0.410 e. The lowest BCUT2D eigenvalue weighted by Crippen LogP contribution is -2.52. The average molecular weight is 774 g/mol. The maximum absolute atomic E-state index is 13.6. The summed E-state index contributed by atoms with van der Waals surface area (Å²) in [7, 11) is -3.85. The van der Waals surface area contributed by atoms with E-state index in [9.17, 15) is 32.4 Å². The molecule has 2 fully saturated rings. The Morgan fingerprint density at radius 2 is 1.65 bits per heavy atom. The minimum atomic E-state index is -3.85. The number of carbonyl (C=O) groups is 5. The van der Waals surface area contributed by atoms with Crippen molar-refractivity contribution in [2.45, 2.75) is 127 Å². The lowest BCUT2D eigenvalue weighted by molar-refractivity contribution is -0.129.